The van der Waals surface area contributed by atoms with E-state index in [4.69, 9.17) is 0 Å². The molecule has 0 radical (unpaired) electrons. The second-order valence-corrected chi connectivity index (χ2v) is 6.15. The molecule has 5 heteroatoms. The minimum Gasteiger partial charge on any atom is -0.320 e. The fourth-order valence-electron chi connectivity index (χ4n) is 3.57. The van der Waals surface area contributed by atoms with Crippen LogP contribution in [0.1, 0.15) is 50.2 Å². The van der Waals surface area contributed by atoms with Crippen LogP contribution in [0.15, 0.2) is 0 Å². The van der Waals surface area contributed by atoms with Gasteiger partial charge in [0.15, 0.2) is 0 Å². The highest BCUT2D eigenvalue weighted by molar-refractivity contribution is 4.99. The maximum Gasteiger partial charge on any atom is 0.147 e. The molecule has 3 heterocycles. The lowest BCUT2D eigenvalue weighted by molar-refractivity contribution is 0.127. The van der Waals surface area contributed by atoms with Crippen LogP contribution in [-0.2, 0) is 19.5 Å². The van der Waals surface area contributed by atoms with Gasteiger partial charge >= 0.3 is 0 Å². The van der Waals surface area contributed by atoms with Gasteiger partial charge in [0.25, 0.3) is 0 Å². The maximum absolute atomic E-state index is 4.46. The molecule has 0 saturated carbocycles. The predicted molar refractivity (Wildman–Crippen MR) is 79.6 cm³/mol. The summed E-state index contributed by atoms with van der Waals surface area (Å²) in [5.74, 6) is 2.39. The van der Waals surface area contributed by atoms with Gasteiger partial charge in [-0.3, -0.25) is 4.90 Å². The van der Waals surface area contributed by atoms with E-state index < -0.39 is 0 Å². The fourth-order valence-corrected chi connectivity index (χ4v) is 3.57. The lowest BCUT2D eigenvalue weighted by Crippen LogP contribution is -2.41. The molecule has 5 nitrogen and oxygen atoms in total. The second-order valence-electron chi connectivity index (χ2n) is 6.15. The summed E-state index contributed by atoms with van der Waals surface area (Å²) in [5.41, 5.74) is 0. The first-order chi connectivity index (χ1) is 9.88. The number of rotatable bonds is 5. The normalized spacial score (nSPS) is 23.8. The smallest absolute Gasteiger partial charge is 0.147 e. The summed E-state index contributed by atoms with van der Waals surface area (Å²) in [6, 6.07) is 0.716. The minimum atomic E-state index is 0.716. The Morgan fingerprint density at radius 1 is 1.15 bits per heavy atom. The van der Waals surface area contributed by atoms with E-state index in [9.17, 15) is 0 Å². The highest BCUT2D eigenvalue weighted by Crippen LogP contribution is 2.22. The van der Waals surface area contributed by atoms with E-state index in [1.807, 2.05) is 7.05 Å². The predicted octanol–water partition coefficient (Wildman–Crippen LogP) is 1.58. The molecule has 1 aromatic heterocycles. The third-order valence-corrected chi connectivity index (χ3v) is 4.76. The van der Waals surface area contributed by atoms with Crippen LogP contribution in [0.5, 0.6) is 0 Å². The van der Waals surface area contributed by atoms with Gasteiger partial charge in [-0.05, 0) is 52.2 Å². The summed E-state index contributed by atoms with van der Waals surface area (Å²) < 4.78 is 2.37. The molecular formula is C15H27N5. The first kappa shape index (κ1) is 14.0. The van der Waals surface area contributed by atoms with E-state index in [-0.39, 0.29) is 0 Å². The molecule has 2 aliphatic rings. The van der Waals surface area contributed by atoms with Crippen molar-refractivity contribution in [3.8, 4) is 0 Å². The van der Waals surface area contributed by atoms with E-state index in [1.54, 1.807) is 0 Å². The van der Waals surface area contributed by atoms with E-state index in [2.05, 4.69) is 25.0 Å². The van der Waals surface area contributed by atoms with E-state index in [0.29, 0.717) is 6.04 Å². The number of hydrogen-bond acceptors (Lipinski definition) is 4. The van der Waals surface area contributed by atoms with E-state index >= 15 is 0 Å². The summed E-state index contributed by atoms with van der Waals surface area (Å²) in [5, 5.41) is 12.1. The van der Waals surface area contributed by atoms with Crippen molar-refractivity contribution in [3.05, 3.63) is 11.6 Å². The highest BCUT2D eigenvalue weighted by atomic mass is 15.3. The molecule has 112 valence electrons. The summed E-state index contributed by atoms with van der Waals surface area (Å²) in [6.07, 6.45) is 8.95. The standard InChI is InChI=1S/C15H27N5/c1-16-9-8-13-6-2-4-10-19(13)12-15-18-17-14-7-3-5-11-20(14)15/h13,16H,2-12H2,1H3. The third-order valence-electron chi connectivity index (χ3n) is 4.76. The molecule has 0 spiro atoms. The zero-order valence-electron chi connectivity index (χ0n) is 12.6. The summed E-state index contributed by atoms with van der Waals surface area (Å²) in [7, 11) is 2.04. The van der Waals surface area contributed by atoms with Crippen molar-refractivity contribution in [1.29, 1.82) is 0 Å². The van der Waals surface area contributed by atoms with Gasteiger partial charge in [-0.1, -0.05) is 6.42 Å². The van der Waals surface area contributed by atoms with Gasteiger partial charge in [-0.2, -0.15) is 0 Å². The first-order valence-electron chi connectivity index (χ1n) is 8.18. The van der Waals surface area contributed by atoms with Crippen LogP contribution in [0.2, 0.25) is 0 Å². The van der Waals surface area contributed by atoms with Crippen LogP contribution < -0.4 is 5.32 Å². The van der Waals surface area contributed by atoms with Gasteiger partial charge in [-0.15, -0.1) is 10.2 Å². The topological polar surface area (TPSA) is 46.0 Å². The average Bonchev–Trinajstić information content (AvgIpc) is 2.90. The Bertz CT molecular complexity index is 428. The van der Waals surface area contributed by atoms with Crippen LogP contribution in [0.25, 0.3) is 0 Å². The highest BCUT2D eigenvalue weighted by Gasteiger charge is 2.25. The Balaban J connectivity index is 1.67. The van der Waals surface area contributed by atoms with Crippen LogP contribution in [0.3, 0.4) is 0 Å². The number of likely N-dealkylation sites (tertiary alicyclic amines) is 1. The average molecular weight is 277 g/mol. The van der Waals surface area contributed by atoms with Gasteiger partial charge < -0.3 is 9.88 Å². The third kappa shape index (κ3) is 3.04. The van der Waals surface area contributed by atoms with E-state index in [0.717, 1.165) is 26.1 Å². The molecule has 0 aromatic carbocycles. The number of nitrogens with one attached hydrogen (secondary N) is 1. The van der Waals surface area contributed by atoms with Crippen LogP contribution in [-0.4, -0.2) is 45.8 Å². The first-order valence-corrected chi connectivity index (χ1v) is 8.18. The summed E-state index contributed by atoms with van der Waals surface area (Å²) in [6.45, 7) is 4.43. The number of aryl methyl sites for hydroxylation is 1. The van der Waals surface area contributed by atoms with Crippen molar-refractivity contribution in [3.63, 3.8) is 0 Å². The van der Waals surface area contributed by atoms with Gasteiger partial charge in [-0.25, -0.2) is 0 Å². The van der Waals surface area contributed by atoms with Crippen molar-refractivity contribution >= 4 is 0 Å². The number of nitrogens with zero attached hydrogens (tertiary/aromatic N) is 4. The quantitative estimate of drug-likeness (QED) is 0.887. The molecule has 20 heavy (non-hydrogen) atoms. The van der Waals surface area contributed by atoms with Crippen molar-refractivity contribution in [2.45, 2.75) is 64.1 Å². The number of fused-ring (bicyclic) bond motifs is 1. The number of aromatic nitrogens is 3. The number of hydrogen-bond donors (Lipinski definition) is 1. The molecular weight excluding hydrogens is 250 g/mol. The monoisotopic (exact) mass is 277 g/mol. The molecule has 1 unspecified atom stereocenters. The Labute approximate surface area is 121 Å². The molecule has 1 N–H and O–H groups in total. The van der Waals surface area contributed by atoms with Crippen molar-refractivity contribution < 1.29 is 0 Å². The summed E-state index contributed by atoms with van der Waals surface area (Å²) in [4.78, 5) is 2.63. The van der Waals surface area contributed by atoms with Gasteiger partial charge in [0.2, 0.25) is 0 Å². The minimum absolute atomic E-state index is 0.716. The van der Waals surface area contributed by atoms with Crippen molar-refractivity contribution in [2.75, 3.05) is 20.1 Å². The number of piperidine rings is 1. The maximum atomic E-state index is 4.46. The Kier molecular flexibility index (Phi) is 4.68. The van der Waals surface area contributed by atoms with E-state index in [1.165, 1.54) is 56.7 Å². The van der Waals surface area contributed by atoms with Gasteiger partial charge in [0, 0.05) is 19.0 Å². The molecule has 1 fully saturated rings. The molecule has 3 rings (SSSR count). The van der Waals surface area contributed by atoms with Gasteiger partial charge in [0.1, 0.15) is 11.6 Å². The summed E-state index contributed by atoms with van der Waals surface area (Å²) >= 11 is 0. The fraction of sp³-hybridized carbons (Fsp3) is 0.867. The Morgan fingerprint density at radius 3 is 2.95 bits per heavy atom. The largest absolute Gasteiger partial charge is 0.320 e. The molecule has 1 saturated heterocycles. The van der Waals surface area contributed by atoms with Crippen LogP contribution in [0.4, 0.5) is 0 Å². The van der Waals surface area contributed by atoms with Crippen molar-refractivity contribution in [2.24, 2.45) is 0 Å². The lowest BCUT2D eigenvalue weighted by atomic mass is 9.99. The molecule has 0 amide bonds. The molecule has 2 aliphatic heterocycles. The molecule has 1 atom stereocenters. The molecule has 0 aliphatic carbocycles. The molecule has 1 aromatic rings. The second kappa shape index (κ2) is 6.68. The Hall–Kier alpha value is -0.940. The zero-order valence-corrected chi connectivity index (χ0v) is 12.6. The van der Waals surface area contributed by atoms with Crippen LogP contribution >= 0.6 is 0 Å². The Morgan fingerprint density at radius 2 is 2.05 bits per heavy atom. The lowest BCUT2D eigenvalue weighted by Gasteiger charge is -2.35. The molecule has 0 bridgehead atoms. The van der Waals surface area contributed by atoms with Crippen molar-refractivity contribution in [1.82, 2.24) is 25.0 Å². The van der Waals surface area contributed by atoms with Gasteiger partial charge in [0.05, 0.1) is 6.54 Å². The SMILES string of the molecule is CNCCC1CCCCN1Cc1nnc2n1CCCC2. The zero-order chi connectivity index (χ0) is 13.8. The van der Waals surface area contributed by atoms with Crippen LogP contribution in [0, 0.1) is 0 Å².